The Hall–Kier alpha value is -1.32. The van der Waals surface area contributed by atoms with Crippen LogP contribution >= 0.6 is 15.9 Å². The van der Waals surface area contributed by atoms with Gasteiger partial charge < -0.3 is 10.1 Å². The van der Waals surface area contributed by atoms with Gasteiger partial charge >= 0.3 is 0 Å². The molecule has 112 valence electrons. The smallest absolute Gasteiger partial charge is 0.119 e. The summed E-state index contributed by atoms with van der Waals surface area (Å²) in [6.07, 6.45) is 0. The normalized spacial score (nSPS) is 12.2. The molecule has 21 heavy (non-hydrogen) atoms. The molecule has 0 aliphatic rings. The summed E-state index contributed by atoms with van der Waals surface area (Å²) < 4.78 is 6.46. The Labute approximate surface area is 135 Å². The van der Waals surface area contributed by atoms with Crippen LogP contribution < -0.4 is 10.1 Å². The molecule has 0 aromatic heterocycles. The minimum Gasteiger partial charge on any atom is -0.497 e. The highest BCUT2D eigenvalue weighted by atomic mass is 79.9. The number of rotatable bonds is 5. The van der Waals surface area contributed by atoms with Crippen LogP contribution in [-0.4, -0.2) is 13.7 Å². The minimum absolute atomic E-state index is 0.151. The summed E-state index contributed by atoms with van der Waals surface area (Å²) in [6, 6.07) is 12.9. The minimum atomic E-state index is 0.151. The highest BCUT2D eigenvalue weighted by molar-refractivity contribution is 9.10. The van der Waals surface area contributed by atoms with Gasteiger partial charge in [-0.3, -0.25) is 0 Å². The van der Waals surface area contributed by atoms with Crippen molar-refractivity contribution in [2.24, 2.45) is 0 Å². The molecule has 0 amide bonds. The molecule has 0 heterocycles. The monoisotopic (exact) mass is 347 g/mol. The Morgan fingerprint density at radius 2 is 1.76 bits per heavy atom. The lowest BCUT2D eigenvalue weighted by Crippen LogP contribution is -2.22. The molecule has 0 saturated heterocycles. The third kappa shape index (κ3) is 3.86. The molecule has 0 bridgehead atoms. The van der Waals surface area contributed by atoms with Crippen LogP contribution in [0.2, 0.25) is 0 Å². The lowest BCUT2D eigenvalue weighted by atomic mass is 9.95. The van der Waals surface area contributed by atoms with E-state index in [9.17, 15) is 0 Å². The molecule has 2 nitrogen and oxygen atoms in total. The fourth-order valence-corrected chi connectivity index (χ4v) is 3.13. The van der Waals surface area contributed by atoms with Crippen molar-refractivity contribution < 1.29 is 4.74 Å². The molecule has 0 spiro atoms. The third-order valence-corrected chi connectivity index (χ3v) is 4.22. The van der Waals surface area contributed by atoms with Crippen molar-refractivity contribution >= 4 is 15.9 Å². The summed E-state index contributed by atoms with van der Waals surface area (Å²) in [5.74, 6) is 0.875. The Morgan fingerprint density at radius 3 is 2.33 bits per heavy atom. The lowest BCUT2D eigenvalue weighted by Gasteiger charge is -2.22. The molecule has 0 fully saturated rings. The molecule has 0 radical (unpaired) electrons. The second-order valence-electron chi connectivity index (χ2n) is 5.30. The first-order valence-electron chi connectivity index (χ1n) is 7.20. The van der Waals surface area contributed by atoms with Crippen LogP contribution in [-0.2, 0) is 0 Å². The number of hydrogen-bond acceptors (Lipinski definition) is 2. The summed E-state index contributed by atoms with van der Waals surface area (Å²) in [5, 5.41) is 3.58. The van der Waals surface area contributed by atoms with Crippen molar-refractivity contribution in [1.82, 2.24) is 5.32 Å². The number of methoxy groups -OCH3 is 1. The van der Waals surface area contributed by atoms with Gasteiger partial charge in [-0.2, -0.15) is 0 Å². The van der Waals surface area contributed by atoms with Crippen LogP contribution in [0, 0.1) is 13.8 Å². The van der Waals surface area contributed by atoms with E-state index in [-0.39, 0.29) is 6.04 Å². The molecule has 0 saturated carbocycles. The predicted molar refractivity (Wildman–Crippen MR) is 92.1 cm³/mol. The van der Waals surface area contributed by atoms with E-state index >= 15 is 0 Å². The lowest BCUT2D eigenvalue weighted by molar-refractivity contribution is 0.413. The van der Waals surface area contributed by atoms with Gasteiger partial charge in [-0.1, -0.05) is 52.2 Å². The van der Waals surface area contributed by atoms with Gasteiger partial charge in [0.2, 0.25) is 0 Å². The topological polar surface area (TPSA) is 21.3 Å². The van der Waals surface area contributed by atoms with Gasteiger partial charge in [0.25, 0.3) is 0 Å². The van der Waals surface area contributed by atoms with Crippen LogP contribution in [0.25, 0.3) is 0 Å². The standard InChI is InChI=1S/C18H22BrNO/c1-5-20-18(14-9-12(2)8-13(3)10-14)16-11-15(21-4)6-7-17(16)19/h6-11,18,20H,5H2,1-4H3. The van der Waals surface area contributed by atoms with E-state index in [4.69, 9.17) is 4.74 Å². The second-order valence-corrected chi connectivity index (χ2v) is 6.15. The van der Waals surface area contributed by atoms with Gasteiger partial charge in [0.15, 0.2) is 0 Å². The predicted octanol–water partition coefficient (Wildman–Crippen LogP) is 4.77. The van der Waals surface area contributed by atoms with Gasteiger partial charge in [-0.15, -0.1) is 0 Å². The van der Waals surface area contributed by atoms with Crippen molar-refractivity contribution in [3.63, 3.8) is 0 Å². The highest BCUT2D eigenvalue weighted by Gasteiger charge is 2.17. The summed E-state index contributed by atoms with van der Waals surface area (Å²) in [5.41, 5.74) is 5.04. The molecule has 0 aliphatic carbocycles. The molecule has 3 heteroatoms. The SMILES string of the molecule is CCNC(c1cc(C)cc(C)c1)c1cc(OC)ccc1Br. The van der Waals surface area contributed by atoms with E-state index in [0.717, 1.165) is 16.8 Å². The zero-order chi connectivity index (χ0) is 15.4. The molecule has 2 aromatic carbocycles. The van der Waals surface area contributed by atoms with E-state index < -0.39 is 0 Å². The highest BCUT2D eigenvalue weighted by Crippen LogP contribution is 2.32. The third-order valence-electron chi connectivity index (χ3n) is 3.50. The first-order valence-corrected chi connectivity index (χ1v) is 7.99. The van der Waals surface area contributed by atoms with Crippen molar-refractivity contribution in [3.05, 3.63) is 63.1 Å². The van der Waals surface area contributed by atoms with Crippen LogP contribution in [0.1, 0.15) is 35.2 Å². The zero-order valence-electron chi connectivity index (χ0n) is 13.0. The Balaban J connectivity index is 2.52. The number of hydrogen-bond donors (Lipinski definition) is 1. The van der Waals surface area contributed by atoms with Crippen molar-refractivity contribution in [1.29, 1.82) is 0 Å². The van der Waals surface area contributed by atoms with Gasteiger partial charge in [0.1, 0.15) is 5.75 Å². The zero-order valence-corrected chi connectivity index (χ0v) is 14.6. The average molecular weight is 348 g/mol. The van der Waals surface area contributed by atoms with E-state index in [2.05, 4.69) is 66.3 Å². The van der Waals surface area contributed by atoms with Gasteiger partial charge in [0.05, 0.1) is 13.2 Å². The van der Waals surface area contributed by atoms with Crippen LogP contribution in [0.4, 0.5) is 0 Å². The van der Waals surface area contributed by atoms with E-state index in [1.807, 2.05) is 12.1 Å². The van der Waals surface area contributed by atoms with Gasteiger partial charge in [-0.05, 0) is 49.7 Å². The molecular formula is C18H22BrNO. The number of benzene rings is 2. The number of ether oxygens (including phenoxy) is 1. The molecule has 2 rings (SSSR count). The van der Waals surface area contributed by atoms with Crippen LogP contribution in [0.15, 0.2) is 40.9 Å². The van der Waals surface area contributed by atoms with Gasteiger partial charge in [0, 0.05) is 4.47 Å². The first-order chi connectivity index (χ1) is 10.0. The molecular weight excluding hydrogens is 326 g/mol. The maximum atomic E-state index is 5.37. The summed E-state index contributed by atoms with van der Waals surface area (Å²) in [7, 11) is 1.70. The maximum Gasteiger partial charge on any atom is 0.119 e. The number of aryl methyl sites for hydroxylation is 2. The van der Waals surface area contributed by atoms with Gasteiger partial charge in [-0.25, -0.2) is 0 Å². The second kappa shape index (κ2) is 7.10. The molecule has 0 aliphatic heterocycles. The maximum absolute atomic E-state index is 5.37. The molecule has 2 aromatic rings. The Morgan fingerprint density at radius 1 is 1.10 bits per heavy atom. The molecule has 1 atom stereocenters. The Bertz CT molecular complexity index is 604. The van der Waals surface area contributed by atoms with E-state index in [1.54, 1.807) is 7.11 Å². The first kappa shape index (κ1) is 16.1. The fourth-order valence-electron chi connectivity index (χ4n) is 2.66. The summed E-state index contributed by atoms with van der Waals surface area (Å²) in [4.78, 5) is 0. The summed E-state index contributed by atoms with van der Waals surface area (Å²) >= 11 is 3.67. The van der Waals surface area contributed by atoms with Crippen molar-refractivity contribution in [2.75, 3.05) is 13.7 Å². The largest absolute Gasteiger partial charge is 0.497 e. The number of nitrogens with one attached hydrogen (secondary N) is 1. The van der Waals surface area contributed by atoms with Crippen molar-refractivity contribution in [3.8, 4) is 5.75 Å². The van der Waals surface area contributed by atoms with E-state index in [0.29, 0.717) is 0 Å². The van der Waals surface area contributed by atoms with Crippen molar-refractivity contribution in [2.45, 2.75) is 26.8 Å². The molecule has 1 unspecified atom stereocenters. The average Bonchev–Trinajstić information content (AvgIpc) is 2.44. The van der Waals surface area contributed by atoms with E-state index in [1.165, 1.54) is 22.3 Å². The number of halogens is 1. The summed E-state index contributed by atoms with van der Waals surface area (Å²) in [6.45, 7) is 7.31. The molecule has 1 N–H and O–H groups in total. The van der Waals surface area contributed by atoms with Crippen LogP contribution in [0.3, 0.4) is 0 Å². The fraction of sp³-hybridized carbons (Fsp3) is 0.333. The Kier molecular flexibility index (Phi) is 5.43. The van der Waals surface area contributed by atoms with Crippen LogP contribution in [0.5, 0.6) is 5.75 Å². The quantitative estimate of drug-likeness (QED) is 0.840.